The van der Waals surface area contributed by atoms with Crippen molar-refractivity contribution in [3.05, 3.63) is 121 Å². The van der Waals surface area contributed by atoms with E-state index >= 15 is 0 Å². The maximum atomic E-state index is 2.44. The predicted octanol–water partition coefficient (Wildman–Crippen LogP) is 13.2. The van der Waals surface area contributed by atoms with Gasteiger partial charge < -0.3 is 0 Å². The van der Waals surface area contributed by atoms with E-state index in [1.54, 1.807) is 0 Å². The molecule has 50 heavy (non-hydrogen) atoms. The first-order chi connectivity index (χ1) is 23.4. The Balaban J connectivity index is 0.000000288. The molecule has 4 aromatic carbocycles. The van der Waals surface area contributed by atoms with Crippen LogP contribution < -0.4 is 21.2 Å². The summed E-state index contributed by atoms with van der Waals surface area (Å²) in [5.41, 5.74) is 0. The molecule has 0 aliphatic carbocycles. The molecule has 0 aliphatic heterocycles. The minimum atomic E-state index is -0.309. The molecule has 0 spiro atoms. The Labute approximate surface area is 314 Å². The summed E-state index contributed by atoms with van der Waals surface area (Å²) in [5, 5.41) is 7.82. The van der Waals surface area contributed by atoms with Crippen LogP contribution >= 0.6 is 31.7 Å². The lowest BCUT2D eigenvalue weighted by molar-refractivity contribution is 0.693. The molecule has 4 rings (SSSR count). The SMILES string of the molecule is CC(C)(C)P(CCCP(C(C)(C)C)C(C)(C)C)C(C)(C)C.c1ccc(P(CCCP(c2ccccc2)c2ccccc2)c2ccccc2)cc1. The van der Waals surface area contributed by atoms with Crippen LogP contribution in [0.1, 0.15) is 95.9 Å². The highest BCUT2D eigenvalue weighted by Crippen LogP contribution is 2.62. The van der Waals surface area contributed by atoms with Crippen LogP contribution in [0.5, 0.6) is 0 Å². The molecule has 4 heteroatoms. The van der Waals surface area contributed by atoms with Gasteiger partial charge in [-0.15, -0.1) is 0 Å². The smallest absolute Gasteiger partial charge is 0.0175 e. The molecule has 0 fully saturated rings. The van der Waals surface area contributed by atoms with Crippen molar-refractivity contribution in [2.24, 2.45) is 0 Å². The minimum absolute atomic E-state index is 0.0652. The van der Waals surface area contributed by atoms with Crippen molar-refractivity contribution >= 4 is 52.9 Å². The van der Waals surface area contributed by atoms with Crippen LogP contribution in [0.15, 0.2) is 121 Å². The second-order valence-electron chi connectivity index (χ2n) is 17.3. The zero-order valence-corrected chi connectivity index (χ0v) is 37.2. The molecule has 0 amide bonds. The van der Waals surface area contributed by atoms with E-state index in [9.17, 15) is 0 Å². The maximum Gasteiger partial charge on any atom is -0.0175 e. The second-order valence-corrected chi connectivity index (χ2v) is 30.0. The molecule has 0 radical (unpaired) electrons. The van der Waals surface area contributed by atoms with Crippen molar-refractivity contribution in [2.45, 2.75) is 117 Å². The summed E-state index contributed by atoms with van der Waals surface area (Å²) in [4.78, 5) is 0. The molecule has 0 bridgehead atoms. The first-order valence-electron chi connectivity index (χ1n) is 18.7. The van der Waals surface area contributed by atoms with E-state index < -0.39 is 0 Å². The van der Waals surface area contributed by atoms with Gasteiger partial charge in [0.15, 0.2) is 0 Å². The number of hydrogen-bond donors (Lipinski definition) is 0. The molecule has 0 nitrogen and oxygen atoms in total. The van der Waals surface area contributed by atoms with Gasteiger partial charge in [0, 0.05) is 0 Å². The average Bonchev–Trinajstić information content (AvgIpc) is 3.04. The highest BCUT2D eigenvalue weighted by atomic mass is 31.1. The third-order valence-corrected chi connectivity index (χ3v) is 22.3. The highest BCUT2D eigenvalue weighted by molar-refractivity contribution is 7.74. The number of hydrogen-bond acceptors (Lipinski definition) is 0. The van der Waals surface area contributed by atoms with E-state index in [4.69, 9.17) is 0 Å². The largest absolute Gasteiger partial charge is 0.0956 e. The zero-order chi connectivity index (χ0) is 37.0. The summed E-state index contributed by atoms with van der Waals surface area (Å²) in [5.74, 6) is 0. The fraction of sp³-hybridized carbons (Fsp3) is 0.478. The Morgan fingerprint density at radius 1 is 0.300 bits per heavy atom. The molecule has 0 saturated carbocycles. The average molecular weight is 745 g/mol. The van der Waals surface area contributed by atoms with Gasteiger partial charge in [0.05, 0.1) is 0 Å². The highest BCUT2D eigenvalue weighted by Gasteiger charge is 2.36. The number of rotatable bonds is 12. The number of benzene rings is 4. The Kier molecular flexibility index (Phi) is 16.9. The van der Waals surface area contributed by atoms with Gasteiger partial charge in [0.25, 0.3) is 0 Å². The van der Waals surface area contributed by atoms with E-state index in [2.05, 4.69) is 204 Å². The van der Waals surface area contributed by atoms with Crippen LogP contribution in [-0.2, 0) is 0 Å². The molecular weight excluding hydrogens is 676 g/mol. The summed E-state index contributed by atoms with van der Waals surface area (Å²) < 4.78 is 0. The molecule has 0 unspecified atom stereocenters. The minimum Gasteiger partial charge on any atom is -0.0956 e. The van der Waals surface area contributed by atoms with E-state index in [0.717, 1.165) is 0 Å². The third kappa shape index (κ3) is 14.2. The molecule has 0 N–H and O–H groups in total. The van der Waals surface area contributed by atoms with Crippen molar-refractivity contribution in [3.8, 4) is 0 Å². The molecular formula is C46H68P4. The summed E-state index contributed by atoms with van der Waals surface area (Å²) >= 11 is 0. The van der Waals surface area contributed by atoms with Gasteiger partial charge in [0.2, 0.25) is 0 Å². The first-order valence-corrected chi connectivity index (χ1v) is 24.8. The van der Waals surface area contributed by atoms with E-state index in [-0.39, 0.29) is 31.7 Å². The van der Waals surface area contributed by atoms with Crippen LogP contribution in [-0.4, -0.2) is 45.3 Å². The molecule has 272 valence electrons. The van der Waals surface area contributed by atoms with Crippen molar-refractivity contribution in [1.82, 2.24) is 0 Å². The summed E-state index contributed by atoms with van der Waals surface area (Å²) in [6.07, 6.45) is 8.01. The molecule has 0 aliphatic rings. The summed E-state index contributed by atoms with van der Waals surface area (Å²) in [7, 11) is -0.487. The third-order valence-electron chi connectivity index (χ3n) is 9.04. The Morgan fingerprint density at radius 3 is 0.700 bits per heavy atom. The van der Waals surface area contributed by atoms with Gasteiger partial charge in [-0.05, 0) is 95.2 Å². The Morgan fingerprint density at radius 2 is 0.500 bits per heavy atom. The fourth-order valence-corrected chi connectivity index (χ4v) is 20.2. The van der Waals surface area contributed by atoms with Crippen molar-refractivity contribution in [3.63, 3.8) is 0 Å². The fourth-order valence-electron chi connectivity index (χ4n) is 7.37. The van der Waals surface area contributed by atoms with Gasteiger partial charge in [-0.3, -0.25) is 0 Å². The van der Waals surface area contributed by atoms with Gasteiger partial charge in [-0.1, -0.05) is 220 Å². The lowest BCUT2D eigenvalue weighted by atomic mass is 10.2. The standard InChI is InChI=1S/C27H26P2.C19H42P2/c1-5-14-24(15-6-1)28(25-16-7-2-8-17-25)22-13-23-29(26-18-9-3-10-19-26)27-20-11-4-12-21-27;1-16(2,3)20(17(4,5)6)14-13-15-21(18(7,8)9)19(10,11)12/h1-12,14-21H,13,22-23H2;13-15H2,1-12H3. The second kappa shape index (κ2) is 19.6. The normalized spacial score (nSPS) is 12.8. The van der Waals surface area contributed by atoms with E-state index in [1.165, 1.54) is 58.7 Å². The molecule has 0 heterocycles. The summed E-state index contributed by atoms with van der Waals surface area (Å²) in [6.45, 7) is 29.3. The lowest BCUT2D eigenvalue weighted by Crippen LogP contribution is -2.29. The monoisotopic (exact) mass is 744 g/mol. The van der Waals surface area contributed by atoms with Crippen LogP contribution in [0, 0.1) is 0 Å². The molecule has 4 aromatic rings. The van der Waals surface area contributed by atoms with Crippen molar-refractivity contribution in [2.75, 3.05) is 24.6 Å². The van der Waals surface area contributed by atoms with Gasteiger partial charge in [-0.2, -0.15) is 0 Å². The molecule has 0 atom stereocenters. The van der Waals surface area contributed by atoms with Crippen molar-refractivity contribution in [1.29, 1.82) is 0 Å². The van der Waals surface area contributed by atoms with Crippen LogP contribution in [0.3, 0.4) is 0 Å². The lowest BCUT2D eigenvalue weighted by Gasteiger charge is -2.44. The Hall–Kier alpha value is -1.40. The molecule has 0 saturated heterocycles. The topological polar surface area (TPSA) is 0 Å². The van der Waals surface area contributed by atoms with Crippen LogP contribution in [0.4, 0.5) is 0 Å². The van der Waals surface area contributed by atoms with Gasteiger partial charge in [-0.25, -0.2) is 0 Å². The van der Waals surface area contributed by atoms with Gasteiger partial charge in [0.1, 0.15) is 0 Å². The van der Waals surface area contributed by atoms with Crippen LogP contribution in [0.25, 0.3) is 0 Å². The Bertz CT molecular complexity index is 1250. The first kappa shape index (κ1) is 43.0. The summed E-state index contributed by atoms with van der Waals surface area (Å²) in [6, 6.07) is 44.3. The predicted molar refractivity (Wildman–Crippen MR) is 240 cm³/mol. The van der Waals surface area contributed by atoms with Gasteiger partial charge >= 0.3 is 0 Å². The maximum absolute atomic E-state index is 2.44. The van der Waals surface area contributed by atoms with Crippen molar-refractivity contribution < 1.29 is 0 Å². The quantitative estimate of drug-likeness (QED) is 0.127. The molecule has 0 aromatic heterocycles. The van der Waals surface area contributed by atoms with Crippen LogP contribution in [0.2, 0.25) is 0 Å². The zero-order valence-electron chi connectivity index (χ0n) is 33.6. The van der Waals surface area contributed by atoms with E-state index in [1.807, 2.05) is 0 Å². The van der Waals surface area contributed by atoms with E-state index in [0.29, 0.717) is 20.6 Å².